The number of hydrogen-bond acceptors (Lipinski definition) is 5. The number of piperazine rings is 1. The van der Waals surface area contributed by atoms with Crippen molar-refractivity contribution < 1.29 is 4.74 Å². The molecule has 2 aliphatic rings. The van der Waals surface area contributed by atoms with Crippen LogP contribution in [0.15, 0.2) is 42.7 Å². The largest absolute Gasteiger partial charge is 0.497 e. The molecule has 1 atom stereocenters. The zero-order valence-corrected chi connectivity index (χ0v) is 17.7. The van der Waals surface area contributed by atoms with Crippen LogP contribution in [0.2, 0.25) is 0 Å². The standard InChI is InChI=1S/C24H34N4O/c1-29-22-10-5-9-21(19-22)23(20-7-3-2-4-8-20)11-14-27-15-17-28(18-16-27)24-25-12-6-13-26-24/h5-6,9-10,12-13,19-20,23H,2-4,7-8,11,14-18H2,1H3. The Balaban J connectivity index is 1.37. The highest BCUT2D eigenvalue weighted by Gasteiger charge is 2.27. The molecule has 0 N–H and O–H groups in total. The van der Waals surface area contributed by atoms with Gasteiger partial charge in [-0.2, -0.15) is 0 Å². The van der Waals surface area contributed by atoms with Crippen molar-refractivity contribution in [2.75, 3.05) is 44.7 Å². The number of benzene rings is 1. The molecule has 4 rings (SSSR count). The SMILES string of the molecule is COc1cccc(C(CCN2CCN(c3ncccn3)CC2)C2CCCCC2)c1. The number of ether oxygens (including phenoxy) is 1. The van der Waals surface area contributed by atoms with Crippen molar-refractivity contribution in [3.8, 4) is 5.75 Å². The molecule has 1 aromatic carbocycles. The van der Waals surface area contributed by atoms with Crippen LogP contribution in [0.1, 0.15) is 50.0 Å². The van der Waals surface area contributed by atoms with Crippen LogP contribution in [0.3, 0.4) is 0 Å². The van der Waals surface area contributed by atoms with Crippen LogP contribution in [-0.2, 0) is 0 Å². The lowest BCUT2D eigenvalue weighted by atomic mass is 9.75. The maximum absolute atomic E-state index is 5.51. The molecule has 2 aromatic rings. The Kier molecular flexibility index (Phi) is 6.99. The van der Waals surface area contributed by atoms with Gasteiger partial charge in [-0.25, -0.2) is 9.97 Å². The van der Waals surface area contributed by atoms with Crippen molar-refractivity contribution in [3.63, 3.8) is 0 Å². The Labute approximate surface area is 175 Å². The smallest absolute Gasteiger partial charge is 0.225 e. The Bertz CT molecular complexity index is 740. The highest BCUT2D eigenvalue weighted by molar-refractivity contribution is 5.31. The van der Waals surface area contributed by atoms with Crippen LogP contribution < -0.4 is 9.64 Å². The van der Waals surface area contributed by atoms with E-state index in [4.69, 9.17) is 4.74 Å². The minimum atomic E-state index is 0.640. The summed E-state index contributed by atoms with van der Waals surface area (Å²) in [6.45, 7) is 5.37. The molecule has 0 spiro atoms. The topological polar surface area (TPSA) is 41.5 Å². The minimum Gasteiger partial charge on any atom is -0.497 e. The second kappa shape index (κ2) is 10.1. The van der Waals surface area contributed by atoms with Crippen molar-refractivity contribution in [2.24, 2.45) is 5.92 Å². The van der Waals surface area contributed by atoms with Gasteiger partial charge in [0.1, 0.15) is 5.75 Å². The van der Waals surface area contributed by atoms with Crippen LogP contribution in [-0.4, -0.2) is 54.7 Å². The molecule has 5 heteroatoms. The maximum Gasteiger partial charge on any atom is 0.225 e. The summed E-state index contributed by atoms with van der Waals surface area (Å²) in [5.41, 5.74) is 1.47. The third-order valence-electron chi connectivity index (χ3n) is 6.70. The van der Waals surface area contributed by atoms with E-state index in [1.807, 2.05) is 18.5 Å². The van der Waals surface area contributed by atoms with Crippen molar-refractivity contribution in [2.45, 2.75) is 44.4 Å². The van der Waals surface area contributed by atoms with E-state index in [-0.39, 0.29) is 0 Å². The first-order valence-electron chi connectivity index (χ1n) is 11.2. The third kappa shape index (κ3) is 5.27. The lowest BCUT2D eigenvalue weighted by molar-refractivity contribution is 0.221. The number of nitrogens with zero attached hydrogens (tertiary/aromatic N) is 4. The van der Waals surface area contributed by atoms with Gasteiger partial charge in [-0.1, -0.05) is 31.4 Å². The number of rotatable bonds is 7. The summed E-state index contributed by atoms with van der Waals surface area (Å²) < 4.78 is 5.51. The van der Waals surface area contributed by atoms with Gasteiger partial charge in [0.05, 0.1) is 7.11 Å². The van der Waals surface area contributed by atoms with Crippen molar-refractivity contribution in [1.29, 1.82) is 0 Å². The van der Waals surface area contributed by atoms with Crippen molar-refractivity contribution in [1.82, 2.24) is 14.9 Å². The highest BCUT2D eigenvalue weighted by Crippen LogP contribution is 2.39. The third-order valence-corrected chi connectivity index (χ3v) is 6.70. The van der Waals surface area contributed by atoms with E-state index in [9.17, 15) is 0 Å². The second-order valence-electron chi connectivity index (χ2n) is 8.45. The average molecular weight is 395 g/mol. The molecular formula is C24H34N4O. The van der Waals surface area contributed by atoms with E-state index >= 15 is 0 Å². The fourth-order valence-electron chi connectivity index (χ4n) is 5.03. The van der Waals surface area contributed by atoms with Crippen molar-refractivity contribution >= 4 is 5.95 Å². The molecule has 0 radical (unpaired) electrons. The summed E-state index contributed by atoms with van der Waals surface area (Å²) in [4.78, 5) is 13.7. The molecule has 2 heterocycles. The van der Waals surface area contributed by atoms with E-state index in [2.05, 4.69) is 44.0 Å². The normalized spacial score (nSPS) is 19.8. The zero-order valence-electron chi connectivity index (χ0n) is 17.7. The quantitative estimate of drug-likeness (QED) is 0.698. The monoisotopic (exact) mass is 394 g/mol. The predicted octanol–water partition coefficient (Wildman–Crippen LogP) is 4.36. The first-order chi connectivity index (χ1) is 14.3. The van der Waals surface area contributed by atoms with Gasteiger partial charge in [-0.15, -0.1) is 0 Å². The molecule has 1 aliphatic heterocycles. The number of methoxy groups -OCH3 is 1. The van der Waals surface area contributed by atoms with Crippen LogP contribution in [0.25, 0.3) is 0 Å². The van der Waals surface area contributed by atoms with E-state index in [0.717, 1.165) is 43.8 Å². The molecule has 1 saturated carbocycles. The number of anilines is 1. The summed E-state index contributed by atoms with van der Waals surface area (Å²) >= 11 is 0. The summed E-state index contributed by atoms with van der Waals surface area (Å²) in [5.74, 6) is 3.30. The van der Waals surface area contributed by atoms with E-state index in [1.165, 1.54) is 50.6 Å². The second-order valence-corrected chi connectivity index (χ2v) is 8.45. The van der Waals surface area contributed by atoms with Gasteiger partial charge >= 0.3 is 0 Å². The van der Waals surface area contributed by atoms with Crippen LogP contribution in [0.4, 0.5) is 5.95 Å². The molecule has 1 aliphatic carbocycles. The maximum atomic E-state index is 5.51. The molecule has 1 aromatic heterocycles. The van der Waals surface area contributed by atoms with Crippen molar-refractivity contribution in [3.05, 3.63) is 48.3 Å². The van der Waals surface area contributed by atoms with Crippen LogP contribution in [0, 0.1) is 5.92 Å². The zero-order chi connectivity index (χ0) is 19.9. The Morgan fingerprint density at radius 3 is 2.48 bits per heavy atom. The van der Waals surface area contributed by atoms with Gasteiger partial charge in [0.2, 0.25) is 5.95 Å². The fourth-order valence-corrected chi connectivity index (χ4v) is 5.03. The lowest BCUT2D eigenvalue weighted by Crippen LogP contribution is -2.47. The van der Waals surface area contributed by atoms with Gasteiger partial charge in [-0.05, 0) is 61.4 Å². The first kappa shape index (κ1) is 20.1. The highest BCUT2D eigenvalue weighted by atomic mass is 16.5. The molecule has 1 saturated heterocycles. The Hall–Kier alpha value is -2.14. The molecule has 5 nitrogen and oxygen atoms in total. The molecule has 0 bridgehead atoms. The molecule has 1 unspecified atom stereocenters. The van der Waals surface area contributed by atoms with E-state index in [0.29, 0.717) is 5.92 Å². The van der Waals surface area contributed by atoms with E-state index < -0.39 is 0 Å². The van der Waals surface area contributed by atoms with Gasteiger partial charge in [0, 0.05) is 38.6 Å². The molecule has 156 valence electrons. The van der Waals surface area contributed by atoms with Crippen LogP contribution in [0.5, 0.6) is 5.75 Å². The fraction of sp³-hybridized carbons (Fsp3) is 0.583. The molecular weight excluding hydrogens is 360 g/mol. The average Bonchev–Trinajstić information content (AvgIpc) is 2.81. The molecule has 0 amide bonds. The summed E-state index contributed by atoms with van der Waals surface area (Å²) in [6, 6.07) is 10.7. The first-order valence-corrected chi connectivity index (χ1v) is 11.2. The Morgan fingerprint density at radius 1 is 1.00 bits per heavy atom. The lowest BCUT2D eigenvalue weighted by Gasteiger charge is -2.37. The summed E-state index contributed by atoms with van der Waals surface area (Å²) in [5, 5.41) is 0. The predicted molar refractivity (Wildman–Crippen MR) is 118 cm³/mol. The summed E-state index contributed by atoms with van der Waals surface area (Å²) in [7, 11) is 1.77. The number of aromatic nitrogens is 2. The van der Waals surface area contributed by atoms with Gasteiger partial charge in [-0.3, -0.25) is 4.90 Å². The molecule has 2 fully saturated rings. The molecule has 29 heavy (non-hydrogen) atoms. The Morgan fingerprint density at radius 2 is 1.76 bits per heavy atom. The van der Waals surface area contributed by atoms with Crippen LogP contribution >= 0.6 is 0 Å². The number of hydrogen-bond donors (Lipinski definition) is 0. The van der Waals surface area contributed by atoms with E-state index in [1.54, 1.807) is 7.11 Å². The van der Waals surface area contributed by atoms with Gasteiger partial charge < -0.3 is 9.64 Å². The van der Waals surface area contributed by atoms with Gasteiger partial charge in [0.15, 0.2) is 0 Å². The summed E-state index contributed by atoms with van der Waals surface area (Å²) in [6.07, 6.45) is 11.8. The minimum absolute atomic E-state index is 0.640. The van der Waals surface area contributed by atoms with Gasteiger partial charge in [0.25, 0.3) is 0 Å².